The average Bonchev–Trinajstić information content (AvgIpc) is 3.70. The summed E-state index contributed by atoms with van der Waals surface area (Å²) in [7, 11) is -3.71. The largest absolute Gasteiger partial charge is 0.778 e. The average molecular weight is 1060 g/mol. The van der Waals surface area contributed by atoms with Crippen molar-refractivity contribution in [3.05, 3.63) is 71.6 Å². The second kappa shape index (κ2) is 27.8. The molecule has 1 atom stereocenters. The summed E-state index contributed by atoms with van der Waals surface area (Å²) >= 11 is 13.9. The molecule has 3 aromatic rings. The fourth-order valence-corrected chi connectivity index (χ4v) is 8.63. The summed E-state index contributed by atoms with van der Waals surface area (Å²) in [5, 5.41) is 18.8. The maximum atomic E-state index is 14.5. The molecule has 4 N–H and O–H groups in total. The van der Waals surface area contributed by atoms with E-state index in [1.54, 1.807) is 9.36 Å². The van der Waals surface area contributed by atoms with Crippen molar-refractivity contribution in [2.45, 2.75) is 82.7 Å². The van der Waals surface area contributed by atoms with Crippen molar-refractivity contribution >= 4 is 106 Å². The van der Waals surface area contributed by atoms with Crippen LogP contribution < -0.4 is 29.5 Å². The molecule has 3 aliphatic rings. The van der Waals surface area contributed by atoms with Gasteiger partial charge in [-0.15, -0.1) is 11.8 Å². The predicted octanol–water partition coefficient (Wildman–Crippen LogP) is 5.70. The van der Waals surface area contributed by atoms with Crippen molar-refractivity contribution in [3.8, 4) is 5.75 Å². The first-order valence-corrected chi connectivity index (χ1v) is 27.3. The molecule has 370 valence electrons. The van der Waals surface area contributed by atoms with Crippen molar-refractivity contribution in [2.75, 3.05) is 55.5 Å². The van der Waals surface area contributed by atoms with E-state index in [9.17, 15) is 47.0 Å². The lowest BCUT2D eigenvalue weighted by Crippen LogP contribution is -2.32. The number of aromatic nitrogens is 2. The second-order valence-corrected chi connectivity index (χ2v) is 21.8. The Morgan fingerprint density at radius 1 is 0.925 bits per heavy atom. The molecule has 2 aliphatic heterocycles. The number of carboxylic acids is 2. The highest BCUT2D eigenvalue weighted by atomic mass is 35.5. The minimum absolute atomic E-state index is 0.000883. The van der Waals surface area contributed by atoms with Crippen LogP contribution in [0.4, 0.5) is 20.2 Å². The molecule has 1 unspecified atom stereocenters. The molecule has 0 radical (unpaired) electrons. The summed E-state index contributed by atoms with van der Waals surface area (Å²) < 4.78 is 52.4. The number of carboxylic acid groups (broad SMARTS) is 2. The van der Waals surface area contributed by atoms with Crippen LogP contribution in [0.1, 0.15) is 64.7 Å². The molecular weight excluding hydrogens is 1010 g/mol. The number of hydrogen-bond acceptors (Lipinski definition) is 14. The molecule has 18 nitrogen and oxygen atoms in total. The third-order valence-electron chi connectivity index (χ3n) is 9.04. The van der Waals surface area contributed by atoms with Crippen LogP contribution in [0, 0.1) is 11.6 Å². The van der Waals surface area contributed by atoms with Gasteiger partial charge in [0, 0.05) is 35.2 Å². The summed E-state index contributed by atoms with van der Waals surface area (Å²) in [5.41, 5.74) is 0.711. The number of carbonyl (C=O) groups is 5. The number of unbranched alkanes of at least 4 members (excludes halogenated alkanes) is 2. The van der Waals surface area contributed by atoms with E-state index in [0.29, 0.717) is 64.3 Å². The van der Waals surface area contributed by atoms with Crippen LogP contribution in [0.3, 0.4) is 0 Å². The Balaban J connectivity index is 0.000000280. The van der Waals surface area contributed by atoms with Crippen molar-refractivity contribution in [3.63, 3.8) is 0 Å². The predicted molar refractivity (Wildman–Crippen MR) is 252 cm³/mol. The summed E-state index contributed by atoms with van der Waals surface area (Å²) in [6, 6.07) is 4.67. The highest BCUT2D eigenvalue weighted by Gasteiger charge is 2.41. The Morgan fingerprint density at radius 2 is 1.52 bits per heavy atom. The van der Waals surface area contributed by atoms with E-state index < -0.39 is 68.4 Å². The van der Waals surface area contributed by atoms with Crippen molar-refractivity contribution in [1.82, 2.24) is 14.7 Å². The third-order valence-corrected chi connectivity index (χ3v) is 12.3. The number of imide groups is 1. The first kappa shape index (κ1) is 57.3. The number of nitrogens with one attached hydrogen (secondary N) is 1. The van der Waals surface area contributed by atoms with Crippen LogP contribution in [-0.2, 0) is 57.3 Å². The summed E-state index contributed by atoms with van der Waals surface area (Å²) in [6.45, 7) is 2.74. The number of amides is 2. The molecule has 26 heteroatoms. The third kappa shape index (κ3) is 18.8. The number of aliphatic carboxylic acids is 2. The Labute approximate surface area is 405 Å². The SMILES string of the molecule is CCCCCOC(=O)COc1cc(N2C(=O)C3=C(CCCC3)C2=O)c(F)cc1Cl.C[S+](C)C.O=C(O)CNCP(=O)([O-])O.O=C(O)CSc1cc(N=c2sc(=O)n3n2CCCC3)c(F)cc1Cl. The number of hydrogen-bond donors (Lipinski definition) is 4. The number of anilines is 1. The van der Waals surface area contributed by atoms with Crippen LogP contribution in [0.15, 0.2) is 50.1 Å². The molecule has 0 spiro atoms. The number of rotatable bonds is 16. The fourth-order valence-electron chi connectivity index (χ4n) is 6.15. The van der Waals surface area contributed by atoms with E-state index in [1.807, 2.05) is 12.2 Å². The van der Waals surface area contributed by atoms with Crippen LogP contribution in [0.5, 0.6) is 5.75 Å². The smallest absolute Gasteiger partial charge is 0.344 e. The lowest BCUT2D eigenvalue weighted by atomic mass is 9.93. The Hall–Kier alpha value is -4.06. The van der Waals surface area contributed by atoms with Crippen molar-refractivity contribution < 1.29 is 66.8 Å². The number of thioether (sulfide) groups is 1. The molecule has 1 aliphatic carbocycles. The van der Waals surface area contributed by atoms with Gasteiger partial charge < -0.3 is 34.0 Å². The number of fused-ring (bicyclic) bond motifs is 1. The molecule has 2 aromatic carbocycles. The molecular formula is C41H52Cl2F2N5O13PS3. The number of nitrogens with zero attached hydrogens (tertiary/aromatic N) is 4. The van der Waals surface area contributed by atoms with Crippen molar-refractivity contribution in [1.29, 1.82) is 0 Å². The number of ether oxygens (including phenoxy) is 2. The maximum absolute atomic E-state index is 14.5. The molecule has 2 amide bonds. The van der Waals surface area contributed by atoms with E-state index in [-0.39, 0.29) is 37.8 Å². The van der Waals surface area contributed by atoms with Crippen LogP contribution >= 0.6 is 53.9 Å². The van der Waals surface area contributed by atoms with Crippen molar-refractivity contribution in [2.24, 2.45) is 4.99 Å². The van der Waals surface area contributed by atoms with Gasteiger partial charge in [-0.25, -0.2) is 28.1 Å². The molecule has 0 bridgehead atoms. The van der Waals surface area contributed by atoms with Gasteiger partial charge in [-0.1, -0.05) is 43.0 Å². The molecule has 6 rings (SSSR count). The maximum Gasteiger partial charge on any atom is 0.344 e. The Bertz CT molecular complexity index is 2450. The van der Waals surface area contributed by atoms with Crippen LogP contribution in [0.25, 0.3) is 0 Å². The minimum atomic E-state index is -4.35. The summed E-state index contributed by atoms with van der Waals surface area (Å²) in [5.74, 6) is -5.37. The van der Waals surface area contributed by atoms with Gasteiger partial charge in [0.15, 0.2) is 6.61 Å². The lowest BCUT2D eigenvalue weighted by molar-refractivity contribution is -0.193. The standard InChI is InChI=1S/C21H23ClFNO5.C14H13ClFN3O3S2.C3H8NO5P.C3H9S/c1-2-3-6-9-28-19(25)12-29-18-11-17(16(23)10-15(18)22)24-20(26)13-7-4-5-8-14(13)21(24)27;15-8-5-9(16)10(6-11(8)23-7-12(20)21)17-13-18-3-1-2-4-19(18)14(22)24-13;5-3(6)1-4-2-10(7,8)9;1-4(2)3/h10-11H,2-9,12H2,1H3;5-6H,1-4,7H2,(H,20,21);4H,1-2H2,(H,5,6)(H2,7,8,9);1-3H3/q;;;+1/p-1. The van der Waals surface area contributed by atoms with Gasteiger partial charge in [0.25, 0.3) is 11.8 Å². The van der Waals surface area contributed by atoms with Gasteiger partial charge >= 0.3 is 22.8 Å². The van der Waals surface area contributed by atoms with Gasteiger partial charge in [0.1, 0.15) is 30.7 Å². The summed E-state index contributed by atoms with van der Waals surface area (Å²) in [6.07, 6.45) is 13.1. The van der Waals surface area contributed by atoms with Gasteiger partial charge in [0.05, 0.1) is 59.7 Å². The van der Waals surface area contributed by atoms with Gasteiger partial charge in [-0.05, 0) is 85.4 Å². The van der Waals surface area contributed by atoms with Crippen LogP contribution in [0.2, 0.25) is 10.0 Å². The zero-order valence-electron chi connectivity index (χ0n) is 37.0. The zero-order chi connectivity index (χ0) is 50.0. The van der Waals surface area contributed by atoms with Crippen LogP contribution in [-0.4, -0.2) is 105 Å². The first-order valence-electron chi connectivity index (χ1n) is 20.6. The van der Waals surface area contributed by atoms with E-state index >= 15 is 0 Å². The number of halogens is 4. The first-order chi connectivity index (χ1) is 31.5. The number of carbonyl (C=O) groups excluding carboxylic acids is 3. The summed E-state index contributed by atoms with van der Waals surface area (Å²) in [4.78, 5) is 93.4. The molecule has 0 fully saturated rings. The molecule has 0 saturated carbocycles. The van der Waals surface area contributed by atoms with E-state index in [4.69, 9.17) is 47.8 Å². The quantitative estimate of drug-likeness (QED) is 0.0335. The monoisotopic (exact) mass is 1060 g/mol. The lowest BCUT2D eigenvalue weighted by Gasteiger charge is -2.18. The molecule has 3 heterocycles. The van der Waals surface area contributed by atoms with Gasteiger partial charge in [-0.2, -0.15) is 0 Å². The van der Waals surface area contributed by atoms with Gasteiger partial charge in [0.2, 0.25) is 4.80 Å². The minimum Gasteiger partial charge on any atom is -0.778 e. The fraction of sp³-hybridized carbons (Fsp3) is 0.488. The second-order valence-electron chi connectivity index (χ2n) is 15.0. The number of esters is 1. The molecule has 1 aromatic heterocycles. The normalized spacial score (nSPS) is 15.3. The highest BCUT2D eigenvalue weighted by molar-refractivity contribution is 8.00. The van der Waals surface area contributed by atoms with E-state index in [0.717, 1.165) is 85.1 Å². The van der Waals surface area contributed by atoms with Gasteiger partial charge in [-0.3, -0.25) is 34.0 Å². The highest BCUT2D eigenvalue weighted by Crippen LogP contribution is 2.40. The Morgan fingerprint density at radius 3 is 2.09 bits per heavy atom. The van der Waals surface area contributed by atoms with E-state index in [2.05, 4.69) is 23.8 Å². The van der Waals surface area contributed by atoms with E-state index in [1.165, 1.54) is 12.1 Å². The number of benzene rings is 2. The topological polar surface area (TPSA) is 259 Å². The zero-order valence-corrected chi connectivity index (χ0v) is 41.9. The Kier molecular flexibility index (Phi) is 23.8. The molecule has 0 saturated heterocycles. The molecule has 67 heavy (non-hydrogen) atoms.